The summed E-state index contributed by atoms with van der Waals surface area (Å²) in [7, 11) is 0. The number of halogens is 1. The van der Waals surface area contributed by atoms with Crippen LogP contribution >= 0.6 is 11.6 Å². The molecule has 0 saturated carbocycles. The van der Waals surface area contributed by atoms with Gasteiger partial charge >= 0.3 is 0 Å². The van der Waals surface area contributed by atoms with Crippen molar-refractivity contribution in [3.8, 4) is 22.8 Å². The molecule has 3 rings (SSSR count). The lowest BCUT2D eigenvalue weighted by Gasteiger charge is -1.94. The zero-order valence-corrected chi connectivity index (χ0v) is 9.52. The average Bonchev–Trinajstić information content (AvgIpc) is 3.00. The normalized spacial score (nSPS) is 10.6. The summed E-state index contributed by atoms with van der Waals surface area (Å²) in [5.74, 6) is 1.26. The maximum atomic E-state index is 5.92. The van der Waals surface area contributed by atoms with Gasteiger partial charge in [-0.3, -0.25) is 0 Å². The van der Waals surface area contributed by atoms with Crippen molar-refractivity contribution in [2.75, 3.05) is 0 Å². The van der Waals surface area contributed by atoms with Gasteiger partial charge in [-0.2, -0.15) is 0 Å². The number of furan rings is 1. The molecule has 0 aliphatic rings. The molecular weight excluding hydrogens is 238 g/mol. The fourth-order valence-corrected chi connectivity index (χ4v) is 1.78. The van der Waals surface area contributed by atoms with Crippen molar-refractivity contribution in [3.63, 3.8) is 0 Å². The molecule has 0 unspecified atom stereocenters. The highest BCUT2D eigenvalue weighted by atomic mass is 35.5. The molecule has 0 aliphatic heterocycles. The highest BCUT2D eigenvalue weighted by Gasteiger charge is 2.10. The fraction of sp³-hybridized carbons (Fsp3) is 0. The molecule has 0 N–H and O–H groups in total. The van der Waals surface area contributed by atoms with Gasteiger partial charge in [0.2, 0.25) is 5.76 Å². The van der Waals surface area contributed by atoms with Crippen LogP contribution in [0.1, 0.15) is 0 Å². The van der Waals surface area contributed by atoms with Crippen LogP contribution in [0, 0.1) is 0 Å². The molecule has 2 aromatic heterocycles. The van der Waals surface area contributed by atoms with Crippen LogP contribution in [0.5, 0.6) is 0 Å². The van der Waals surface area contributed by atoms with E-state index in [2.05, 4.69) is 5.16 Å². The Morgan fingerprint density at radius 2 is 1.94 bits per heavy atom. The zero-order valence-electron chi connectivity index (χ0n) is 8.76. The quantitative estimate of drug-likeness (QED) is 0.677. The molecule has 0 spiro atoms. The summed E-state index contributed by atoms with van der Waals surface area (Å²) >= 11 is 5.92. The SMILES string of the molecule is Clc1cccc(-c2cc(-c3ccco3)on2)c1. The van der Waals surface area contributed by atoms with Crippen molar-refractivity contribution in [1.82, 2.24) is 5.16 Å². The van der Waals surface area contributed by atoms with E-state index < -0.39 is 0 Å². The van der Waals surface area contributed by atoms with Gasteiger partial charge in [-0.25, -0.2) is 0 Å². The lowest BCUT2D eigenvalue weighted by Crippen LogP contribution is -1.75. The van der Waals surface area contributed by atoms with Gasteiger partial charge < -0.3 is 8.94 Å². The molecule has 0 fully saturated rings. The molecule has 0 bridgehead atoms. The molecule has 1 aromatic carbocycles. The van der Waals surface area contributed by atoms with Gasteiger partial charge in [0.25, 0.3) is 0 Å². The third-order valence-corrected chi connectivity index (χ3v) is 2.63. The summed E-state index contributed by atoms with van der Waals surface area (Å²) in [4.78, 5) is 0. The third kappa shape index (κ3) is 1.97. The van der Waals surface area contributed by atoms with E-state index in [1.807, 2.05) is 36.4 Å². The molecule has 17 heavy (non-hydrogen) atoms. The first kappa shape index (κ1) is 10.2. The van der Waals surface area contributed by atoms with Gasteiger partial charge in [-0.15, -0.1) is 0 Å². The molecule has 2 heterocycles. The van der Waals surface area contributed by atoms with Crippen LogP contribution in [0.2, 0.25) is 5.02 Å². The second kappa shape index (κ2) is 4.11. The minimum atomic E-state index is 0.602. The number of hydrogen-bond donors (Lipinski definition) is 0. The van der Waals surface area contributed by atoms with Gasteiger partial charge in [0.1, 0.15) is 5.69 Å². The van der Waals surface area contributed by atoms with Crippen LogP contribution in [0.3, 0.4) is 0 Å². The number of nitrogens with zero attached hydrogens (tertiary/aromatic N) is 1. The summed E-state index contributed by atoms with van der Waals surface area (Å²) in [5.41, 5.74) is 1.65. The van der Waals surface area contributed by atoms with Crippen molar-refractivity contribution in [2.45, 2.75) is 0 Å². The van der Waals surface area contributed by atoms with E-state index in [1.165, 1.54) is 0 Å². The van der Waals surface area contributed by atoms with Gasteiger partial charge in [0, 0.05) is 16.7 Å². The predicted molar refractivity (Wildman–Crippen MR) is 64.7 cm³/mol. The van der Waals surface area contributed by atoms with Crippen LogP contribution < -0.4 is 0 Å². The first-order valence-corrected chi connectivity index (χ1v) is 5.47. The first-order chi connectivity index (χ1) is 8.33. The monoisotopic (exact) mass is 245 g/mol. The second-order valence-electron chi connectivity index (χ2n) is 3.56. The van der Waals surface area contributed by atoms with Crippen molar-refractivity contribution in [3.05, 3.63) is 53.8 Å². The summed E-state index contributed by atoms with van der Waals surface area (Å²) in [5, 5.41) is 4.66. The minimum absolute atomic E-state index is 0.602. The van der Waals surface area contributed by atoms with Gasteiger partial charge in [0.15, 0.2) is 5.76 Å². The lowest BCUT2D eigenvalue weighted by molar-refractivity contribution is 0.420. The Labute approximate surface area is 103 Å². The average molecular weight is 246 g/mol. The van der Waals surface area contributed by atoms with Gasteiger partial charge in [0.05, 0.1) is 6.26 Å². The van der Waals surface area contributed by atoms with Crippen LogP contribution in [-0.2, 0) is 0 Å². The predicted octanol–water partition coefficient (Wildman–Crippen LogP) is 4.26. The van der Waals surface area contributed by atoms with Crippen molar-refractivity contribution < 1.29 is 8.94 Å². The first-order valence-electron chi connectivity index (χ1n) is 5.09. The van der Waals surface area contributed by atoms with Gasteiger partial charge in [-0.05, 0) is 24.3 Å². The molecule has 0 aliphatic carbocycles. The number of hydrogen-bond acceptors (Lipinski definition) is 3. The summed E-state index contributed by atoms with van der Waals surface area (Å²) in [6.07, 6.45) is 1.59. The van der Waals surface area contributed by atoms with Gasteiger partial charge in [-0.1, -0.05) is 28.9 Å². The maximum Gasteiger partial charge on any atom is 0.202 e. The topological polar surface area (TPSA) is 39.2 Å². The molecule has 0 saturated heterocycles. The van der Waals surface area contributed by atoms with E-state index in [0.717, 1.165) is 11.3 Å². The summed E-state index contributed by atoms with van der Waals surface area (Å²) in [6, 6.07) is 12.9. The molecule has 84 valence electrons. The van der Waals surface area contributed by atoms with Crippen molar-refractivity contribution in [2.24, 2.45) is 0 Å². The van der Waals surface area contributed by atoms with E-state index in [1.54, 1.807) is 12.3 Å². The minimum Gasteiger partial charge on any atom is -0.461 e. The third-order valence-electron chi connectivity index (χ3n) is 2.39. The molecule has 3 nitrogen and oxygen atoms in total. The lowest BCUT2D eigenvalue weighted by atomic mass is 10.1. The fourth-order valence-electron chi connectivity index (χ4n) is 1.59. The highest BCUT2D eigenvalue weighted by Crippen LogP contribution is 2.27. The standard InChI is InChI=1S/C13H8ClNO2/c14-10-4-1-3-9(7-10)11-8-13(17-15-11)12-5-2-6-16-12/h1-8H. The molecule has 0 atom stereocenters. The number of benzene rings is 1. The van der Waals surface area contributed by atoms with Crippen LogP contribution in [0.25, 0.3) is 22.8 Å². The van der Waals surface area contributed by atoms with E-state index in [9.17, 15) is 0 Å². The maximum absolute atomic E-state index is 5.92. The molecule has 0 amide bonds. The second-order valence-corrected chi connectivity index (χ2v) is 4.00. The molecule has 3 aromatic rings. The largest absolute Gasteiger partial charge is 0.461 e. The summed E-state index contributed by atoms with van der Waals surface area (Å²) < 4.78 is 10.4. The molecular formula is C13H8ClNO2. The molecule has 0 radical (unpaired) electrons. The Bertz CT molecular complexity index is 628. The smallest absolute Gasteiger partial charge is 0.202 e. The number of aromatic nitrogens is 1. The Kier molecular flexibility index (Phi) is 2.46. The van der Waals surface area contributed by atoms with Crippen molar-refractivity contribution in [1.29, 1.82) is 0 Å². The van der Waals surface area contributed by atoms with E-state index in [4.69, 9.17) is 20.5 Å². The van der Waals surface area contributed by atoms with Crippen LogP contribution in [0.4, 0.5) is 0 Å². The number of rotatable bonds is 2. The zero-order chi connectivity index (χ0) is 11.7. The van der Waals surface area contributed by atoms with Crippen LogP contribution in [-0.4, -0.2) is 5.16 Å². The Balaban J connectivity index is 2.01. The highest BCUT2D eigenvalue weighted by molar-refractivity contribution is 6.30. The van der Waals surface area contributed by atoms with E-state index >= 15 is 0 Å². The molecule has 4 heteroatoms. The summed E-state index contributed by atoms with van der Waals surface area (Å²) in [6.45, 7) is 0. The van der Waals surface area contributed by atoms with Crippen molar-refractivity contribution >= 4 is 11.6 Å². The Morgan fingerprint density at radius 3 is 2.71 bits per heavy atom. The Morgan fingerprint density at radius 1 is 1.00 bits per heavy atom. The van der Waals surface area contributed by atoms with Crippen LogP contribution in [0.15, 0.2) is 57.7 Å². The Hall–Kier alpha value is -2.00. The van der Waals surface area contributed by atoms with E-state index in [-0.39, 0.29) is 0 Å². The van der Waals surface area contributed by atoms with E-state index in [0.29, 0.717) is 16.5 Å².